The number of rotatable bonds is 5. The van der Waals surface area contributed by atoms with Crippen LogP contribution in [-0.4, -0.2) is 11.8 Å². The van der Waals surface area contributed by atoms with Gasteiger partial charge in [0.1, 0.15) is 0 Å². The standard InChI is InChI=1S/C22H20N2O2/c23-21(25)12-15-7-2-4-11-20(15)24-22(26)19-13-18(19)17-10-5-8-14-6-1-3-9-16(14)17/h1-11,18-19H,12-13H2,(H2,23,25)(H,24,26). The molecule has 130 valence electrons. The van der Waals surface area contributed by atoms with Gasteiger partial charge in [-0.3, -0.25) is 9.59 Å². The third-order valence-corrected chi connectivity index (χ3v) is 4.99. The van der Waals surface area contributed by atoms with E-state index in [-0.39, 0.29) is 24.2 Å². The number of amides is 2. The van der Waals surface area contributed by atoms with Gasteiger partial charge in [-0.1, -0.05) is 60.7 Å². The molecular formula is C22H20N2O2. The zero-order valence-corrected chi connectivity index (χ0v) is 14.3. The summed E-state index contributed by atoms with van der Waals surface area (Å²) in [6.07, 6.45) is 0.964. The van der Waals surface area contributed by atoms with Crippen molar-refractivity contribution in [2.45, 2.75) is 18.8 Å². The summed E-state index contributed by atoms with van der Waals surface area (Å²) in [5, 5.41) is 5.39. The SMILES string of the molecule is NC(=O)Cc1ccccc1NC(=O)C1CC1c1cccc2ccccc12. The summed E-state index contributed by atoms with van der Waals surface area (Å²) < 4.78 is 0. The smallest absolute Gasteiger partial charge is 0.228 e. The molecule has 0 bridgehead atoms. The first-order chi connectivity index (χ1) is 12.6. The minimum atomic E-state index is -0.410. The third-order valence-electron chi connectivity index (χ3n) is 4.99. The Morgan fingerprint density at radius 2 is 1.69 bits per heavy atom. The average Bonchev–Trinajstić information content (AvgIpc) is 3.43. The number of carbonyl (C=O) groups excluding carboxylic acids is 2. The molecule has 0 spiro atoms. The summed E-state index contributed by atoms with van der Waals surface area (Å²) in [4.78, 5) is 23.9. The minimum Gasteiger partial charge on any atom is -0.369 e. The van der Waals surface area contributed by atoms with Crippen molar-refractivity contribution in [3.63, 3.8) is 0 Å². The summed E-state index contributed by atoms with van der Waals surface area (Å²) in [6.45, 7) is 0. The molecular weight excluding hydrogens is 324 g/mol. The molecule has 3 aromatic carbocycles. The lowest BCUT2D eigenvalue weighted by atomic mass is 10.00. The Kier molecular flexibility index (Phi) is 4.17. The number of hydrogen-bond donors (Lipinski definition) is 2. The van der Waals surface area contributed by atoms with Crippen LogP contribution in [0, 0.1) is 5.92 Å². The van der Waals surface area contributed by atoms with E-state index < -0.39 is 5.91 Å². The van der Waals surface area contributed by atoms with E-state index in [0.717, 1.165) is 12.0 Å². The van der Waals surface area contributed by atoms with Gasteiger partial charge in [0.25, 0.3) is 0 Å². The molecule has 4 rings (SSSR count). The molecule has 2 unspecified atom stereocenters. The molecule has 0 aromatic heterocycles. The molecule has 3 aromatic rings. The molecule has 4 nitrogen and oxygen atoms in total. The zero-order chi connectivity index (χ0) is 18.1. The maximum Gasteiger partial charge on any atom is 0.228 e. The van der Waals surface area contributed by atoms with Gasteiger partial charge in [-0.05, 0) is 40.3 Å². The van der Waals surface area contributed by atoms with Crippen molar-refractivity contribution in [1.82, 2.24) is 0 Å². The Hall–Kier alpha value is -3.14. The molecule has 0 radical (unpaired) electrons. The second-order valence-corrected chi connectivity index (χ2v) is 6.81. The lowest BCUT2D eigenvalue weighted by Crippen LogP contribution is -2.18. The van der Waals surface area contributed by atoms with Crippen LogP contribution in [0.2, 0.25) is 0 Å². The number of anilines is 1. The summed E-state index contributed by atoms with van der Waals surface area (Å²) in [5.41, 5.74) is 7.94. The Bertz CT molecular complexity index is 991. The molecule has 3 N–H and O–H groups in total. The lowest BCUT2D eigenvalue weighted by molar-refractivity contribution is -0.118. The van der Waals surface area contributed by atoms with E-state index in [1.807, 2.05) is 42.5 Å². The monoisotopic (exact) mass is 344 g/mol. The topological polar surface area (TPSA) is 72.2 Å². The normalized spacial score (nSPS) is 18.5. The largest absolute Gasteiger partial charge is 0.369 e. The van der Waals surface area contributed by atoms with E-state index in [1.165, 1.54) is 16.3 Å². The fourth-order valence-corrected chi connectivity index (χ4v) is 3.61. The molecule has 2 atom stereocenters. The highest BCUT2D eigenvalue weighted by Crippen LogP contribution is 2.50. The lowest BCUT2D eigenvalue weighted by Gasteiger charge is -2.10. The first kappa shape index (κ1) is 16.3. The molecule has 2 amide bonds. The summed E-state index contributed by atoms with van der Waals surface area (Å²) in [7, 11) is 0. The number of hydrogen-bond acceptors (Lipinski definition) is 2. The van der Waals surface area contributed by atoms with Crippen LogP contribution in [0.5, 0.6) is 0 Å². The molecule has 1 saturated carbocycles. The van der Waals surface area contributed by atoms with Crippen molar-refractivity contribution in [2.75, 3.05) is 5.32 Å². The minimum absolute atomic E-state index is 0.000135. The van der Waals surface area contributed by atoms with E-state index >= 15 is 0 Å². The number of para-hydroxylation sites is 1. The van der Waals surface area contributed by atoms with Gasteiger partial charge in [0.15, 0.2) is 0 Å². The molecule has 0 saturated heterocycles. The predicted octanol–water partition coefficient (Wildman–Crippen LogP) is 3.61. The first-order valence-corrected chi connectivity index (χ1v) is 8.78. The van der Waals surface area contributed by atoms with Crippen LogP contribution in [0.3, 0.4) is 0 Å². The molecule has 26 heavy (non-hydrogen) atoms. The Balaban J connectivity index is 1.52. The quantitative estimate of drug-likeness (QED) is 0.742. The number of nitrogens with one attached hydrogen (secondary N) is 1. The fraction of sp³-hybridized carbons (Fsp3) is 0.182. The van der Waals surface area contributed by atoms with E-state index in [2.05, 4.69) is 29.6 Å². The van der Waals surface area contributed by atoms with Crippen LogP contribution < -0.4 is 11.1 Å². The highest BCUT2D eigenvalue weighted by Gasteiger charge is 2.44. The maximum absolute atomic E-state index is 12.7. The highest BCUT2D eigenvalue weighted by atomic mass is 16.2. The van der Waals surface area contributed by atoms with Crippen molar-refractivity contribution in [1.29, 1.82) is 0 Å². The number of fused-ring (bicyclic) bond motifs is 1. The van der Waals surface area contributed by atoms with Gasteiger partial charge in [0.05, 0.1) is 6.42 Å². The van der Waals surface area contributed by atoms with Crippen molar-refractivity contribution in [2.24, 2.45) is 11.7 Å². The molecule has 1 fully saturated rings. The van der Waals surface area contributed by atoms with Crippen LogP contribution >= 0.6 is 0 Å². The van der Waals surface area contributed by atoms with E-state index in [9.17, 15) is 9.59 Å². The van der Waals surface area contributed by atoms with Crippen LogP contribution in [0.1, 0.15) is 23.5 Å². The van der Waals surface area contributed by atoms with Crippen LogP contribution in [0.25, 0.3) is 10.8 Å². The second-order valence-electron chi connectivity index (χ2n) is 6.81. The first-order valence-electron chi connectivity index (χ1n) is 8.78. The van der Waals surface area contributed by atoms with Gasteiger partial charge in [-0.15, -0.1) is 0 Å². The van der Waals surface area contributed by atoms with Gasteiger partial charge in [-0.2, -0.15) is 0 Å². The number of benzene rings is 3. The number of carbonyl (C=O) groups is 2. The third kappa shape index (κ3) is 3.18. The number of nitrogens with two attached hydrogens (primary N) is 1. The Labute approximate surface area is 152 Å². The van der Waals surface area contributed by atoms with Gasteiger partial charge in [-0.25, -0.2) is 0 Å². The fourth-order valence-electron chi connectivity index (χ4n) is 3.61. The van der Waals surface area contributed by atoms with Gasteiger partial charge in [0, 0.05) is 11.6 Å². The van der Waals surface area contributed by atoms with E-state index in [0.29, 0.717) is 5.69 Å². The molecule has 0 heterocycles. The van der Waals surface area contributed by atoms with Crippen molar-refractivity contribution < 1.29 is 9.59 Å². The second kappa shape index (κ2) is 6.64. The van der Waals surface area contributed by atoms with Gasteiger partial charge < -0.3 is 11.1 Å². The molecule has 0 aliphatic heterocycles. The summed E-state index contributed by atoms with van der Waals surface area (Å²) >= 11 is 0. The number of primary amides is 1. The Morgan fingerprint density at radius 1 is 0.962 bits per heavy atom. The Morgan fingerprint density at radius 3 is 2.54 bits per heavy atom. The van der Waals surface area contributed by atoms with Crippen molar-refractivity contribution in [3.05, 3.63) is 77.9 Å². The predicted molar refractivity (Wildman–Crippen MR) is 103 cm³/mol. The zero-order valence-electron chi connectivity index (χ0n) is 14.3. The molecule has 4 heteroatoms. The molecule has 1 aliphatic carbocycles. The van der Waals surface area contributed by atoms with Gasteiger partial charge in [0.2, 0.25) is 11.8 Å². The van der Waals surface area contributed by atoms with Crippen LogP contribution in [0.4, 0.5) is 5.69 Å². The summed E-state index contributed by atoms with van der Waals surface area (Å²) in [6, 6.07) is 21.8. The van der Waals surface area contributed by atoms with E-state index in [1.54, 1.807) is 0 Å². The van der Waals surface area contributed by atoms with Gasteiger partial charge >= 0.3 is 0 Å². The van der Waals surface area contributed by atoms with Crippen LogP contribution in [-0.2, 0) is 16.0 Å². The van der Waals surface area contributed by atoms with Crippen molar-refractivity contribution >= 4 is 28.3 Å². The maximum atomic E-state index is 12.7. The average molecular weight is 344 g/mol. The van der Waals surface area contributed by atoms with Crippen molar-refractivity contribution in [3.8, 4) is 0 Å². The van der Waals surface area contributed by atoms with Crippen LogP contribution in [0.15, 0.2) is 66.7 Å². The summed E-state index contributed by atoms with van der Waals surface area (Å²) in [5.74, 6) is -0.210. The van der Waals surface area contributed by atoms with E-state index in [4.69, 9.17) is 5.73 Å². The highest BCUT2D eigenvalue weighted by molar-refractivity contribution is 5.97. The molecule has 1 aliphatic rings.